The van der Waals surface area contributed by atoms with Gasteiger partial charge in [0.2, 0.25) is 0 Å². The minimum Gasteiger partial charge on any atom is -0.271 e. The summed E-state index contributed by atoms with van der Waals surface area (Å²) in [5.74, 6) is 0. The van der Waals surface area contributed by atoms with Gasteiger partial charge in [0, 0.05) is 19.8 Å². The molecular weight excluding hydrogens is 294 g/mol. The normalized spacial score (nSPS) is 21.1. The van der Waals surface area contributed by atoms with Crippen LogP contribution < -0.4 is 0 Å². The van der Waals surface area contributed by atoms with Crippen LogP contribution >= 0.6 is 11.3 Å². The summed E-state index contributed by atoms with van der Waals surface area (Å²) in [5, 5.41) is 5.97. The Morgan fingerprint density at radius 3 is 2.85 bits per heavy atom. The maximum absolute atomic E-state index is 12.8. The van der Waals surface area contributed by atoms with E-state index in [0.29, 0.717) is 10.8 Å². The smallest absolute Gasteiger partial charge is 0.253 e. The average molecular weight is 311 g/mol. The Morgan fingerprint density at radius 1 is 1.35 bits per heavy atom. The highest BCUT2D eigenvalue weighted by Gasteiger charge is 2.36. The third-order valence-electron chi connectivity index (χ3n) is 3.71. The first-order valence-corrected chi connectivity index (χ1v) is 8.96. The molecule has 1 aliphatic rings. The first kappa shape index (κ1) is 13.8. The molecule has 0 amide bonds. The van der Waals surface area contributed by atoms with E-state index in [4.69, 9.17) is 0 Å². The Morgan fingerprint density at radius 2 is 2.20 bits per heavy atom. The van der Waals surface area contributed by atoms with Gasteiger partial charge < -0.3 is 0 Å². The lowest BCUT2D eigenvalue weighted by molar-refractivity contribution is 0.246. The van der Waals surface area contributed by atoms with Crippen molar-refractivity contribution in [3.05, 3.63) is 35.5 Å². The highest BCUT2D eigenvalue weighted by atomic mass is 32.2. The standard InChI is InChI=1S/C13H17N3O2S2/c1-15-11(7-8-14-15)12-5-2-3-9-16(12)20(17,18)13-6-4-10-19-13/h4,6-8,10,12H,2-3,5,9H2,1H3/t12-/m1/s1. The number of sulfonamides is 1. The SMILES string of the molecule is Cn1nccc1[C@H]1CCCCN1S(=O)(=O)c1cccs1. The number of nitrogens with zero attached hydrogens (tertiary/aromatic N) is 3. The third-order valence-corrected chi connectivity index (χ3v) is 6.99. The number of aromatic nitrogens is 2. The van der Waals surface area contributed by atoms with Gasteiger partial charge in [0.05, 0.1) is 11.7 Å². The topological polar surface area (TPSA) is 55.2 Å². The molecule has 0 saturated carbocycles. The lowest BCUT2D eigenvalue weighted by atomic mass is 10.0. The highest BCUT2D eigenvalue weighted by molar-refractivity contribution is 7.91. The van der Waals surface area contributed by atoms with Crippen molar-refractivity contribution in [1.29, 1.82) is 0 Å². The maximum atomic E-state index is 12.8. The molecule has 1 fully saturated rings. The van der Waals surface area contributed by atoms with Crippen LogP contribution in [0, 0.1) is 0 Å². The van der Waals surface area contributed by atoms with E-state index in [1.54, 1.807) is 32.7 Å². The van der Waals surface area contributed by atoms with Crippen molar-refractivity contribution >= 4 is 21.4 Å². The molecule has 5 nitrogen and oxygen atoms in total. The number of thiophene rings is 1. The summed E-state index contributed by atoms with van der Waals surface area (Å²) in [6.45, 7) is 0.579. The molecule has 0 aliphatic carbocycles. The monoisotopic (exact) mass is 311 g/mol. The van der Waals surface area contributed by atoms with E-state index < -0.39 is 10.0 Å². The summed E-state index contributed by atoms with van der Waals surface area (Å²) < 4.78 is 29.4. The van der Waals surface area contributed by atoms with Crippen LogP contribution in [0.25, 0.3) is 0 Å². The second-order valence-electron chi connectivity index (χ2n) is 4.94. The molecule has 3 heterocycles. The van der Waals surface area contributed by atoms with Gasteiger partial charge in [0.25, 0.3) is 10.0 Å². The molecule has 1 aliphatic heterocycles. The van der Waals surface area contributed by atoms with Crippen LogP contribution in [0.4, 0.5) is 0 Å². The Hall–Kier alpha value is -1.18. The van der Waals surface area contributed by atoms with Gasteiger partial charge in [-0.05, 0) is 30.4 Å². The molecule has 0 radical (unpaired) electrons. The molecule has 0 aromatic carbocycles. The van der Waals surface area contributed by atoms with Gasteiger partial charge in [0.15, 0.2) is 0 Å². The van der Waals surface area contributed by atoms with Crippen LogP contribution in [0.15, 0.2) is 34.0 Å². The molecular formula is C13H17N3O2S2. The van der Waals surface area contributed by atoms with Crippen molar-refractivity contribution in [2.24, 2.45) is 7.05 Å². The Balaban J connectivity index is 2.00. The van der Waals surface area contributed by atoms with Crippen molar-refractivity contribution in [3.63, 3.8) is 0 Å². The molecule has 3 rings (SSSR count). The summed E-state index contributed by atoms with van der Waals surface area (Å²) in [7, 11) is -1.54. The van der Waals surface area contributed by atoms with Crippen molar-refractivity contribution in [1.82, 2.24) is 14.1 Å². The number of piperidine rings is 1. The summed E-state index contributed by atoms with van der Waals surface area (Å²) in [5.41, 5.74) is 0.963. The van der Waals surface area contributed by atoms with Gasteiger partial charge in [-0.15, -0.1) is 11.3 Å². The van der Waals surface area contributed by atoms with Crippen molar-refractivity contribution in [2.75, 3.05) is 6.54 Å². The van der Waals surface area contributed by atoms with Crippen LogP contribution in [-0.2, 0) is 17.1 Å². The van der Waals surface area contributed by atoms with Gasteiger partial charge >= 0.3 is 0 Å². The van der Waals surface area contributed by atoms with Gasteiger partial charge in [-0.1, -0.05) is 12.5 Å². The number of rotatable bonds is 3. The molecule has 7 heteroatoms. The zero-order valence-electron chi connectivity index (χ0n) is 11.3. The Kier molecular flexibility index (Phi) is 3.66. The van der Waals surface area contributed by atoms with Crippen LogP contribution in [0.3, 0.4) is 0 Å². The number of hydrogen-bond donors (Lipinski definition) is 0. The van der Waals surface area contributed by atoms with Gasteiger partial charge in [-0.3, -0.25) is 4.68 Å². The second-order valence-corrected chi connectivity index (χ2v) is 8.00. The van der Waals surface area contributed by atoms with Crippen LogP contribution in [0.2, 0.25) is 0 Å². The predicted octanol–water partition coefficient (Wildman–Crippen LogP) is 2.40. The van der Waals surface area contributed by atoms with E-state index >= 15 is 0 Å². The van der Waals surface area contributed by atoms with Crippen molar-refractivity contribution in [2.45, 2.75) is 29.5 Å². The fraction of sp³-hybridized carbons (Fsp3) is 0.462. The lowest BCUT2D eigenvalue weighted by Crippen LogP contribution is -2.38. The van der Waals surface area contributed by atoms with Crippen LogP contribution in [-0.4, -0.2) is 29.0 Å². The Labute approximate surface area is 122 Å². The highest BCUT2D eigenvalue weighted by Crippen LogP contribution is 2.36. The molecule has 1 atom stereocenters. The fourth-order valence-electron chi connectivity index (χ4n) is 2.73. The van der Waals surface area contributed by atoms with E-state index in [1.165, 1.54) is 11.3 Å². The minimum atomic E-state index is -3.40. The maximum Gasteiger partial charge on any atom is 0.253 e. The van der Waals surface area contributed by atoms with E-state index in [2.05, 4.69) is 5.10 Å². The Bertz CT molecular complexity index is 676. The molecule has 20 heavy (non-hydrogen) atoms. The molecule has 0 N–H and O–H groups in total. The molecule has 1 saturated heterocycles. The third kappa shape index (κ3) is 2.30. The number of hydrogen-bond acceptors (Lipinski definition) is 4. The molecule has 108 valence electrons. The van der Waals surface area contributed by atoms with E-state index in [-0.39, 0.29) is 6.04 Å². The average Bonchev–Trinajstić information content (AvgIpc) is 3.10. The predicted molar refractivity (Wildman–Crippen MR) is 78.0 cm³/mol. The molecule has 2 aromatic rings. The zero-order chi connectivity index (χ0) is 14.2. The second kappa shape index (κ2) is 5.31. The summed E-state index contributed by atoms with van der Waals surface area (Å²) in [4.78, 5) is 0. The fourth-order valence-corrected chi connectivity index (χ4v) is 5.51. The molecule has 2 aromatic heterocycles. The van der Waals surface area contributed by atoms with E-state index in [1.807, 2.05) is 13.1 Å². The first-order valence-electron chi connectivity index (χ1n) is 6.64. The lowest BCUT2D eigenvalue weighted by Gasteiger charge is -2.34. The first-order chi connectivity index (χ1) is 9.60. The molecule has 0 bridgehead atoms. The molecule has 0 unspecified atom stereocenters. The molecule has 0 spiro atoms. The largest absolute Gasteiger partial charge is 0.271 e. The van der Waals surface area contributed by atoms with E-state index in [9.17, 15) is 8.42 Å². The van der Waals surface area contributed by atoms with Gasteiger partial charge in [-0.25, -0.2) is 8.42 Å². The van der Waals surface area contributed by atoms with E-state index in [0.717, 1.165) is 25.0 Å². The number of aryl methyl sites for hydroxylation is 1. The minimum absolute atomic E-state index is 0.108. The van der Waals surface area contributed by atoms with Crippen LogP contribution in [0.1, 0.15) is 31.0 Å². The summed E-state index contributed by atoms with van der Waals surface area (Å²) in [6, 6.07) is 5.26. The quantitative estimate of drug-likeness (QED) is 0.874. The summed E-state index contributed by atoms with van der Waals surface area (Å²) >= 11 is 1.27. The zero-order valence-corrected chi connectivity index (χ0v) is 12.9. The van der Waals surface area contributed by atoms with Crippen molar-refractivity contribution in [3.8, 4) is 0 Å². The van der Waals surface area contributed by atoms with Crippen molar-refractivity contribution < 1.29 is 8.42 Å². The van der Waals surface area contributed by atoms with Crippen LogP contribution in [0.5, 0.6) is 0 Å². The van der Waals surface area contributed by atoms with Gasteiger partial charge in [-0.2, -0.15) is 9.40 Å². The summed E-state index contributed by atoms with van der Waals surface area (Å²) in [6.07, 6.45) is 4.54. The van der Waals surface area contributed by atoms with Gasteiger partial charge in [0.1, 0.15) is 4.21 Å².